The van der Waals surface area contributed by atoms with Gasteiger partial charge in [-0.15, -0.1) is 11.6 Å². The molecule has 0 unspecified atom stereocenters. The lowest BCUT2D eigenvalue weighted by Crippen LogP contribution is -2.23. The van der Waals surface area contributed by atoms with Crippen LogP contribution in [0.15, 0.2) is 41.0 Å². The largest absolute Gasteiger partial charge is 0.444 e. The van der Waals surface area contributed by atoms with Crippen LogP contribution in [0.2, 0.25) is 0 Å². The van der Waals surface area contributed by atoms with E-state index < -0.39 is 0 Å². The minimum Gasteiger partial charge on any atom is -0.444 e. The fraction of sp³-hybridized carbons (Fsp3) is 0.167. The summed E-state index contributed by atoms with van der Waals surface area (Å²) in [5.74, 6) is 0.264. The fourth-order valence-electron chi connectivity index (χ4n) is 1.34. The average molecular weight is 251 g/mol. The highest BCUT2D eigenvalue weighted by Crippen LogP contribution is 2.17. The van der Waals surface area contributed by atoms with E-state index >= 15 is 0 Å². The molecule has 0 aliphatic heterocycles. The molecule has 1 N–H and O–H groups in total. The number of hydrogen-bond donors (Lipinski definition) is 1. The third-order valence-electron chi connectivity index (χ3n) is 2.16. The van der Waals surface area contributed by atoms with Crippen LogP contribution < -0.4 is 5.32 Å². The first-order valence-corrected chi connectivity index (χ1v) is 5.65. The Hall–Kier alpha value is -1.81. The molecule has 4 nitrogen and oxygen atoms in total. The maximum atomic E-state index is 11.0. The molecule has 5 heteroatoms. The first-order valence-electron chi connectivity index (χ1n) is 5.12. The summed E-state index contributed by atoms with van der Waals surface area (Å²) in [5, 5.41) is 2.62. The van der Waals surface area contributed by atoms with Gasteiger partial charge in [-0.3, -0.25) is 4.79 Å². The minimum absolute atomic E-state index is 0.0522. The SMILES string of the molecule is O=C(CCl)NCc1coc(-c2ccccc2)n1. The third kappa shape index (κ3) is 3.07. The quantitative estimate of drug-likeness (QED) is 0.847. The van der Waals surface area contributed by atoms with Gasteiger partial charge in [-0.1, -0.05) is 18.2 Å². The lowest BCUT2D eigenvalue weighted by molar-refractivity contribution is -0.118. The summed E-state index contributed by atoms with van der Waals surface area (Å²) in [4.78, 5) is 15.2. The zero-order valence-electron chi connectivity index (χ0n) is 9.02. The molecule has 1 aromatic heterocycles. The minimum atomic E-state index is -0.226. The third-order valence-corrected chi connectivity index (χ3v) is 2.40. The highest BCUT2D eigenvalue weighted by atomic mass is 35.5. The molecule has 0 saturated carbocycles. The number of hydrogen-bond acceptors (Lipinski definition) is 3. The molecular formula is C12H11ClN2O2. The van der Waals surface area contributed by atoms with Crippen LogP contribution in [0.25, 0.3) is 11.5 Å². The molecule has 0 saturated heterocycles. The molecule has 1 aromatic carbocycles. The summed E-state index contributed by atoms with van der Waals surface area (Å²) in [6.45, 7) is 0.321. The van der Waals surface area contributed by atoms with Crippen molar-refractivity contribution in [1.29, 1.82) is 0 Å². The Morgan fingerprint density at radius 3 is 2.82 bits per heavy atom. The Kier molecular flexibility index (Phi) is 3.77. The Labute approximate surface area is 104 Å². The lowest BCUT2D eigenvalue weighted by Gasteiger charge is -1.97. The Bertz CT molecular complexity index is 496. The van der Waals surface area contributed by atoms with Crippen LogP contribution >= 0.6 is 11.6 Å². The van der Waals surface area contributed by atoms with E-state index in [1.54, 1.807) is 0 Å². The molecule has 0 fully saturated rings. The van der Waals surface area contributed by atoms with Crippen molar-refractivity contribution in [3.05, 3.63) is 42.3 Å². The van der Waals surface area contributed by atoms with Crippen molar-refractivity contribution in [3.8, 4) is 11.5 Å². The second-order valence-electron chi connectivity index (χ2n) is 3.42. The molecule has 88 valence electrons. The van der Waals surface area contributed by atoms with Crippen LogP contribution in [0.4, 0.5) is 0 Å². The molecule has 0 radical (unpaired) electrons. The van der Waals surface area contributed by atoms with Gasteiger partial charge in [-0.2, -0.15) is 0 Å². The van der Waals surface area contributed by atoms with Gasteiger partial charge in [0.05, 0.1) is 12.2 Å². The Balaban J connectivity index is 2.04. The van der Waals surface area contributed by atoms with Crippen LogP contribution in [0.3, 0.4) is 0 Å². The van der Waals surface area contributed by atoms with Gasteiger partial charge in [0, 0.05) is 5.56 Å². The molecular weight excluding hydrogens is 240 g/mol. The standard InChI is InChI=1S/C12H11ClN2O2/c13-6-11(16)14-7-10-8-17-12(15-10)9-4-2-1-3-5-9/h1-5,8H,6-7H2,(H,14,16). The van der Waals surface area contributed by atoms with E-state index in [2.05, 4.69) is 10.3 Å². The number of benzene rings is 1. The second-order valence-corrected chi connectivity index (χ2v) is 3.69. The predicted molar refractivity (Wildman–Crippen MR) is 64.5 cm³/mol. The first-order chi connectivity index (χ1) is 8.29. The van der Waals surface area contributed by atoms with E-state index in [0.717, 1.165) is 5.56 Å². The number of rotatable bonds is 4. The Morgan fingerprint density at radius 1 is 1.35 bits per heavy atom. The summed E-state index contributed by atoms with van der Waals surface area (Å²) in [6.07, 6.45) is 1.52. The number of oxazole rings is 1. The molecule has 0 aliphatic rings. The van der Waals surface area contributed by atoms with Gasteiger partial charge >= 0.3 is 0 Å². The van der Waals surface area contributed by atoms with E-state index in [1.165, 1.54) is 6.26 Å². The maximum absolute atomic E-state index is 11.0. The maximum Gasteiger partial charge on any atom is 0.235 e. The van der Waals surface area contributed by atoms with Gasteiger partial charge in [0.15, 0.2) is 0 Å². The van der Waals surface area contributed by atoms with Crippen molar-refractivity contribution in [2.75, 3.05) is 5.88 Å². The van der Waals surface area contributed by atoms with E-state index in [1.807, 2.05) is 30.3 Å². The number of halogens is 1. The highest BCUT2D eigenvalue weighted by Gasteiger charge is 2.06. The van der Waals surface area contributed by atoms with Gasteiger partial charge < -0.3 is 9.73 Å². The van der Waals surface area contributed by atoms with Crippen LogP contribution in [-0.2, 0) is 11.3 Å². The van der Waals surface area contributed by atoms with Crippen LogP contribution in [0, 0.1) is 0 Å². The fourth-order valence-corrected chi connectivity index (χ4v) is 1.43. The van der Waals surface area contributed by atoms with Gasteiger partial charge in [0.25, 0.3) is 0 Å². The smallest absolute Gasteiger partial charge is 0.235 e. The molecule has 1 amide bonds. The lowest BCUT2D eigenvalue weighted by atomic mass is 10.2. The number of nitrogens with zero attached hydrogens (tertiary/aromatic N) is 1. The van der Waals surface area contributed by atoms with Gasteiger partial charge in [0.1, 0.15) is 12.1 Å². The Morgan fingerprint density at radius 2 is 2.12 bits per heavy atom. The number of carbonyl (C=O) groups is 1. The van der Waals surface area contributed by atoms with Crippen molar-refractivity contribution in [1.82, 2.24) is 10.3 Å². The summed E-state index contributed by atoms with van der Waals surface area (Å²) >= 11 is 5.36. The van der Waals surface area contributed by atoms with Crippen LogP contribution in [0.5, 0.6) is 0 Å². The zero-order valence-corrected chi connectivity index (χ0v) is 9.78. The van der Waals surface area contributed by atoms with Gasteiger partial charge in [0.2, 0.25) is 11.8 Å². The van der Waals surface area contributed by atoms with E-state index in [0.29, 0.717) is 18.1 Å². The van der Waals surface area contributed by atoms with Crippen molar-refractivity contribution in [2.45, 2.75) is 6.54 Å². The molecule has 0 aliphatic carbocycles. The summed E-state index contributed by atoms with van der Waals surface area (Å²) < 4.78 is 5.32. The summed E-state index contributed by atoms with van der Waals surface area (Å²) in [5.41, 5.74) is 1.57. The van der Waals surface area contributed by atoms with Gasteiger partial charge in [-0.05, 0) is 12.1 Å². The molecule has 17 heavy (non-hydrogen) atoms. The van der Waals surface area contributed by atoms with E-state index in [-0.39, 0.29) is 11.8 Å². The highest BCUT2D eigenvalue weighted by molar-refractivity contribution is 6.27. The summed E-state index contributed by atoms with van der Waals surface area (Å²) in [7, 11) is 0. The van der Waals surface area contributed by atoms with Crippen LogP contribution in [0.1, 0.15) is 5.69 Å². The molecule has 0 spiro atoms. The number of aromatic nitrogens is 1. The average Bonchev–Trinajstić information content (AvgIpc) is 2.86. The zero-order chi connectivity index (χ0) is 12.1. The molecule has 1 heterocycles. The number of amides is 1. The number of carbonyl (C=O) groups excluding carboxylic acids is 1. The molecule has 0 bridgehead atoms. The van der Waals surface area contributed by atoms with Gasteiger partial charge in [-0.25, -0.2) is 4.98 Å². The molecule has 0 atom stereocenters. The van der Waals surface area contributed by atoms with E-state index in [9.17, 15) is 4.79 Å². The number of nitrogens with one attached hydrogen (secondary N) is 1. The van der Waals surface area contributed by atoms with Crippen LogP contribution in [-0.4, -0.2) is 16.8 Å². The van der Waals surface area contributed by atoms with E-state index in [4.69, 9.17) is 16.0 Å². The summed E-state index contributed by atoms with van der Waals surface area (Å²) in [6, 6.07) is 9.57. The van der Waals surface area contributed by atoms with Crippen molar-refractivity contribution < 1.29 is 9.21 Å². The topological polar surface area (TPSA) is 55.1 Å². The second kappa shape index (κ2) is 5.50. The number of alkyl halides is 1. The monoisotopic (exact) mass is 250 g/mol. The molecule has 2 aromatic rings. The predicted octanol–water partition coefficient (Wildman–Crippen LogP) is 2.20. The van der Waals surface area contributed by atoms with Crippen molar-refractivity contribution in [2.24, 2.45) is 0 Å². The normalized spacial score (nSPS) is 10.2. The van der Waals surface area contributed by atoms with Crippen molar-refractivity contribution in [3.63, 3.8) is 0 Å². The molecule has 2 rings (SSSR count). The first kappa shape index (κ1) is 11.7. The van der Waals surface area contributed by atoms with Crippen molar-refractivity contribution >= 4 is 17.5 Å².